The molecule has 0 saturated heterocycles. The van der Waals surface area contributed by atoms with Crippen LogP contribution in [-0.4, -0.2) is 19.9 Å². The second-order valence-corrected chi connectivity index (χ2v) is 11.6. The Morgan fingerprint density at radius 2 is 1.88 bits per heavy atom. The molecule has 0 radical (unpaired) electrons. The van der Waals surface area contributed by atoms with E-state index in [1.165, 1.54) is 55.6 Å². The Morgan fingerprint density at radius 1 is 1.12 bits per heavy atom. The van der Waals surface area contributed by atoms with Crippen molar-refractivity contribution in [1.82, 2.24) is 4.98 Å². The molecule has 0 bridgehead atoms. The Labute approximate surface area is 203 Å². The van der Waals surface area contributed by atoms with E-state index >= 15 is 0 Å². The topological polar surface area (TPSA) is 71.1 Å². The molecule has 3 aromatic rings. The van der Waals surface area contributed by atoms with E-state index in [0.717, 1.165) is 33.9 Å². The zero-order valence-electron chi connectivity index (χ0n) is 18.6. The number of aryl methyl sites for hydroxylation is 2. The molecular formula is C24H27ClFN3O2S2. The third kappa shape index (κ3) is 5.67. The number of sulfonamides is 1. The molecule has 1 aliphatic rings. The Kier molecular flexibility index (Phi) is 7.26. The average Bonchev–Trinajstić information content (AvgIpc) is 3.16. The maximum Gasteiger partial charge on any atom is 0.262 e. The molecule has 2 N–H and O–H groups in total. The van der Waals surface area contributed by atoms with Crippen molar-refractivity contribution in [2.24, 2.45) is 5.92 Å². The van der Waals surface area contributed by atoms with E-state index in [1.54, 1.807) is 19.1 Å². The molecule has 33 heavy (non-hydrogen) atoms. The summed E-state index contributed by atoms with van der Waals surface area (Å²) in [7, 11) is -3.93. The van der Waals surface area contributed by atoms with Crippen LogP contribution in [0.5, 0.6) is 0 Å². The Morgan fingerprint density at radius 3 is 2.61 bits per heavy atom. The van der Waals surface area contributed by atoms with Gasteiger partial charge in [0, 0.05) is 6.54 Å². The summed E-state index contributed by atoms with van der Waals surface area (Å²) in [5.41, 5.74) is 2.35. The number of anilines is 2. The summed E-state index contributed by atoms with van der Waals surface area (Å²) in [6.07, 6.45) is 6.44. The molecule has 1 heterocycles. The van der Waals surface area contributed by atoms with Crippen LogP contribution in [0.1, 0.15) is 43.4 Å². The van der Waals surface area contributed by atoms with Gasteiger partial charge < -0.3 is 5.32 Å². The van der Waals surface area contributed by atoms with E-state index in [1.807, 2.05) is 13.0 Å². The molecule has 0 atom stereocenters. The Bertz CT molecular complexity index is 1250. The minimum atomic E-state index is -3.93. The second-order valence-electron chi connectivity index (χ2n) is 8.53. The van der Waals surface area contributed by atoms with E-state index in [0.29, 0.717) is 11.5 Å². The highest BCUT2D eigenvalue weighted by Gasteiger charge is 2.21. The molecule has 1 aromatic heterocycles. The van der Waals surface area contributed by atoms with Gasteiger partial charge in [0.05, 0.1) is 26.2 Å². The zero-order chi connectivity index (χ0) is 23.6. The van der Waals surface area contributed by atoms with Crippen molar-refractivity contribution in [3.63, 3.8) is 0 Å². The van der Waals surface area contributed by atoms with Crippen LogP contribution >= 0.6 is 22.9 Å². The zero-order valence-corrected chi connectivity index (χ0v) is 21.0. The van der Waals surface area contributed by atoms with Gasteiger partial charge in [-0.15, -0.1) is 0 Å². The van der Waals surface area contributed by atoms with Gasteiger partial charge in [-0.1, -0.05) is 54.3 Å². The highest BCUT2D eigenvalue weighted by molar-refractivity contribution is 7.92. The fourth-order valence-corrected chi connectivity index (χ4v) is 6.57. The molecule has 1 fully saturated rings. The molecule has 9 heteroatoms. The number of hydrogen-bond donors (Lipinski definition) is 2. The third-order valence-electron chi connectivity index (χ3n) is 5.97. The van der Waals surface area contributed by atoms with Crippen molar-refractivity contribution in [2.75, 3.05) is 16.6 Å². The van der Waals surface area contributed by atoms with Crippen LogP contribution < -0.4 is 10.0 Å². The average molecular weight is 508 g/mol. The fraction of sp³-hybridized carbons (Fsp3) is 0.375. The van der Waals surface area contributed by atoms with Gasteiger partial charge in [-0.2, -0.15) is 0 Å². The number of halogens is 2. The lowest BCUT2D eigenvalue weighted by atomic mass is 9.89. The van der Waals surface area contributed by atoms with Crippen LogP contribution in [0.3, 0.4) is 0 Å². The lowest BCUT2D eigenvalue weighted by Crippen LogP contribution is -2.16. The number of aromatic nitrogens is 1. The predicted molar refractivity (Wildman–Crippen MR) is 134 cm³/mol. The van der Waals surface area contributed by atoms with Gasteiger partial charge in [0.2, 0.25) is 0 Å². The van der Waals surface area contributed by atoms with Crippen molar-refractivity contribution in [2.45, 2.75) is 50.8 Å². The van der Waals surface area contributed by atoms with E-state index in [2.05, 4.69) is 15.0 Å². The monoisotopic (exact) mass is 507 g/mol. The summed E-state index contributed by atoms with van der Waals surface area (Å²) in [6.45, 7) is 4.58. The van der Waals surface area contributed by atoms with Gasteiger partial charge in [0.25, 0.3) is 10.0 Å². The first kappa shape index (κ1) is 24.0. The molecule has 0 amide bonds. The van der Waals surface area contributed by atoms with E-state index in [-0.39, 0.29) is 15.6 Å². The third-order valence-corrected chi connectivity index (χ3v) is 8.97. The summed E-state index contributed by atoms with van der Waals surface area (Å²) >= 11 is 7.24. The van der Waals surface area contributed by atoms with Crippen molar-refractivity contribution >= 4 is 43.8 Å². The van der Waals surface area contributed by atoms with Gasteiger partial charge in [0.1, 0.15) is 5.82 Å². The van der Waals surface area contributed by atoms with Gasteiger partial charge in [-0.25, -0.2) is 17.8 Å². The predicted octanol–water partition coefficient (Wildman–Crippen LogP) is 7.01. The lowest BCUT2D eigenvalue weighted by molar-refractivity contribution is 0.373. The van der Waals surface area contributed by atoms with Crippen molar-refractivity contribution < 1.29 is 12.8 Å². The van der Waals surface area contributed by atoms with Crippen LogP contribution in [0.25, 0.3) is 10.4 Å². The van der Waals surface area contributed by atoms with Crippen LogP contribution in [0, 0.1) is 25.6 Å². The van der Waals surface area contributed by atoms with Crippen LogP contribution in [0.4, 0.5) is 15.2 Å². The number of thiazole rings is 1. The van der Waals surface area contributed by atoms with Gasteiger partial charge in [-0.3, -0.25) is 4.72 Å². The van der Waals surface area contributed by atoms with Crippen molar-refractivity contribution in [3.8, 4) is 10.4 Å². The van der Waals surface area contributed by atoms with Crippen LogP contribution in [0.2, 0.25) is 5.02 Å². The molecule has 0 spiro atoms. The fourth-order valence-electron chi connectivity index (χ4n) is 4.16. The standard InChI is InChI=1S/C24H27ClFN3O2S2/c1-15-8-9-18(12-22(15)33(30,31)29-19-10-11-20(25)21(26)13-19)23-16(2)28-24(32-23)27-14-17-6-4-3-5-7-17/h8-13,17,29H,3-7,14H2,1-2H3,(H,27,28). The number of hydrogen-bond acceptors (Lipinski definition) is 5. The first-order valence-corrected chi connectivity index (χ1v) is 13.7. The van der Waals surface area contributed by atoms with Gasteiger partial charge in [-0.05, 0) is 68.0 Å². The smallest absolute Gasteiger partial charge is 0.262 e. The molecule has 176 valence electrons. The SMILES string of the molecule is Cc1ccc(-c2sc(NCC3CCCCC3)nc2C)cc1S(=O)(=O)Nc1ccc(Cl)c(F)c1. The first-order valence-electron chi connectivity index (χ1n) is 11.0. The molecule has 0 unspecified atom stereocenters. The highest BCUT2D eigenvalue weighted by Crippen LogP contribution is 2.35. The lowest BCUT2D eigenvalue weighted by Gasteiger charge is -2.21. The summed E-state index contributed by atoms with van der Waals surface area (Å²) in [6, 6.07) is 9.15. The molecule has 2 aromatic carbocycles. The van der Waals surface area contributed by atoms with Crippen molar-refractivity contribution in [1.29, 1.82) is 0 Å². The molecule has 4 rings (SSSR count). The molecule has 5 nitrogen and oxygen atoms in total. The molecular weight excluding hydrogens is 481 g/mol. The van der Waals surface area contributed by atoms with Gasteiger partial charge in [0.15, 0.2) is 5.13 Å². The minimum absolute atomic E-state index is 0.0651. The Balaban J connectivity index is 1.56. The quantitative estimate of drug-likeness (QED) is 0.360. The summed E-state index contributed by atoms with van der Waals surface area (Å²) in [4.78, 5) is 5.72. The second kappa shape index (κ2) is 9.99. The van der Waals surface area contributed by atoms with Crippen molar-refractivity contribution in [3.05, 3.63) is 58.5 Å². The van der Waals surface area contributed by atoms with Gasteiger partial charge >= 0.3 is 0 Å². The largest absolute Gasteiger partial charge is 0.361 e. The number of rotatable bonds is 7. The summed E-state index contributed by atoms with van der Waals surface area (Å²) in [5.74, 6) is 0.00202. The van der Waals surface area contributed by atoms with E-state index in [9.17, 15) is 12.8 Å². The maximum atomic E-state index is 13.8. The first-order chi connectivity index (χ1) is 15.7. The minimum Gasteiger partial charge on any atom is -0.361 e. The van der Waals surface area contributed by atoms with E-state index in [4.69, 9.17) is 11.6 Å². The molecule has 0 aliphatic heterocycles. The summed E-state index contributed by atoms with van der Waals surface area (Å²) in [5, 5.41) is 4.26. The van der Waals surface area contributed by atoms with Crippen LogP contribution in [-0.2, 0) is 10.0 Å². The van der Waals surface area contributed by atoms with E-state index < -0.39 is 15.8 Å². The number of benzene rings is 2. The summed E-state index contributed by atoms with van der Waals surface area (Å²) < 4.78 is 42.4. The molecule has 1 saturated carbocycles. The van der Waals surface area contributed by atoms with Crippen LogP contribution in [0.15, 0.2) is 41.3 Å². The Hall–Kier alpha value is -2.16. The molecule has 1 aliphatic carbocycles. The normalized spacial score (nSPS) is 14.9. The maximum absolute atomic E-state index is 13.8. The highest BCUT2D eigenvalue weighted by atomic mass is 35.5. The number of nitrogens with one attached hydrogen (secondary N) is 2. The number of nitrogens with zero attached hydrogens (tertiary/aromatic N) is 1.